The molecular weight excluding hydrogens is 346 g/mol. The summed E-state index contributed by atoms with van der Waals surface area (Å²) < 4.78 is 11.2. The van der Waals surface area contributed by atoms with Crippen molar-refractivity contribution >= 4 is 23.7 Å². The van der Waals surface area contributed by atoms with Gasteiger partial charge in [0.1, 0.15) is 23.5 Å². The van der Waals surface area contributed by atoms with Gasteiger partial charge in [0.2, 0.25) is 0 Å². The predicted molar refractivity (Wildman–Crippen MR) is 94.2 cm³/mol. The SMILES string of the molecule is CCc1cc(O[C@H]2C[C@@H](C(=O)O)N(C(=O)OC(C)(C)C)C2)ccc1Cl. The Bertz CT molecular complexity index is 655. The van der Waals surface area contributed by atoms with Crippen LogP contribution in [-0.2, 0) is 16.0 Å². The number of carboxylic acid groups (broad SMARTS) is 1. The first-order chi connectivity index (χ1) is 11.6. The van der Waals surface area contributed by atoms with E-state index in [1.807, 2.05) is 13.0 Å². The summed E-state index contributed by atoms with van der Waals surface area (Å²) >= 11 is 6.10. The molecule has 2 rings (SSSR count). The van der Waals surface area contributed by atoms with Crippen LogP contribution >= 0.6 is 11.6 Å². The van der Waals surface area contributed by atoms with E-state index in [-0.39, 0.29) is 13.0 Å². The third-order valence-electron chi connectivity index (χ3n) is 3.88. The first-order valence-electron chi connectivity index (χ1n) is 8.28. The van der Waals surface area contributed by atoms with Crippen LogP contribution in [-0.4, -0.2) is 46.4 Å². The van der Waals surface area contributed by atoms with E-state index in [4.69, 9.17) is 21.1 Å². The van der Waals surface area contributed by atoms with Crippen molar-refractivity contribution in [2.24, 2.45) is 0 Å². The molecule has 7 heteroatoms. The summed E-state index contributed by atoms with van der Waals surface area (Å²) in [5, 5.41) is 10.1. The Balaban J connectivity index is 2.11. The Labute approximate surface area is 152 Å². The molecule has 138 valence electrons. The molecular formula is C18H24ClNO5. The highest BCUT2D eigenvalue weighted by Crippen LogP contribution is 2.28. The summed E-state index contributed by atoms with van der Waals surface area (Å²) in [6, 6.07) is 4.38. The summed E-state index contributed by atoms with van der Waals surface area (Å²) in [5.74, 6) is -0.455. The second-order valence-corrected chi connectivity index (χ2v) is 7.48. The van der Waals surface area contributed by atoms with Crippen molar-refractivity contribution in [1.29, 1.82) is 0 Å². The van der Waals surface area contributed by atoms with E-state index in [9.17, 15) is 14.7 Å². The third-order valence-corrected chi connectivity index (χ3v) is 4.25. The normalized spacial score (nSPS) is 20.4. The van der Waals surface area contributed by atoms with Gasteiger partial charge in [-0.05, 0) is 51.0 Å². The van der Waals surface area contributed by atoms with Gasteiger partial charge in [-0.25, -0.2) is 9.59 Å². The lowest BCUT2D eigenvalue weighted by Crippen LogP contribution is -2.43. The zero-order valence-electron chi connectivity index (χ0n) is 14.9. The van der Waals surface area contributed by atoms with Gasteiger partial charge in [0.05, 0.1) is 6.54 Å². The van der Waals surface area contributed by atoms with Gasteiger partial charge in [-0.2, -0.15) is 0 Å². The maximum atomic E-state index is 12.3. The number of carboxylic acids is 1. The number of benzene rings is 1. The number of nitrogens with zero attached hydrogens (tertiary/aromatic N) is 1. The molecule has 2 atom stereocenters. The van der Waals surface area contributed by atoms with E-state index in [0.29, 0.717) is 10.8 Å². The standard InChI is InChI=1S/C18H24ClNO5/c1-5-11-8-12(6-7-14(11)19)24-13-9-15(16(21)22)20(10-13)17(23)25-18(2,3)4/h6-8,13,15H,5,9-10H2,1-4H3,(H,21,22)/t13-,15-/m0/s1. The topological polar surface area (TPSA) is 76.1 Å². The van der Waals surface area contributed by atoms with Gasteiger partial charge < -0.3 is 14.6 Å². The van der Waals surface area contributed by atoms with Crippen molar-refractivity contribution in [1.82, 2.24) is 4.90 Å². The molecule has 1 aliphatic heterocycles. The predicted octanol–water partition coefficient (Wildman–Crippen LogP) is 3.74. The molecule has 1 N–H and O–H groups in total. The molecule has 0 radical (unpaired) electrons. The number of amides is 1. The number of hydrogen-bond acceptors (Lipinski definition) is 4. The molecule has 0 saturated carbocycles. The van der Waals surface area contributed by atoms with Crippen LogP contribution in [0.2, 0.25) is 5.02 Å². The number of rotatable bonds is 4. The summed E-state index contributed by atoms with van der Waals surface area (Å²) in [4.78, 5) is 25.0. The largest absolute Gasteiger partial charge is 0.488 e. The summed E-state index contributed by atoms with van der Waals surface area (Å²) in [6.45, 7) is 7.38. The lowest BCUT2D eigenvalue weighted by Gasteiger charge is -2.26. The Kier molecular flexibility index (Phi) is 5.83. The van der Waals surface area contributed by atoms with Crippen molar-refractivity contribution in [3.05, 3.63) is 28.8 Å². The summed E-state index contributed by atoms with van der Waals surface area (Å²) in [6.07, 6.45) is -0.0860. The van der Waals surface area contributed by atoms with Gasteiger partial charge in [-0.15, -0.1) is 0 Å². The molecule has 1 amide bonds. The van der Waals surface area contributed by atoms with Crippen LogP contribution in [0.1, 0.15) is 39.7 Å². The van der Waals surface area contributed by atoms with Gasteiger partial charge >= 0.3 is 12.1 Å². The maximum Gasteiger partial charge on any atom is 0.411 e. The van der Waals surface area contributed by atoms with E-state index in [1.165, 1.54) is 4.90 Å². The van der Waals surface area contributed by atoms with Gasteiger partial charge in [-0.3, -0.25) is 4.90 Å². The van der Waals surface area contributed by atoms with Crippen LogP contribution in [0.4, 0.5) is 4.79 Å². The van der Waals surface area contributed by atoms with Crippen molar-refractivity contribution in [3.63, 3.8) is 0 Å². The Morgan fingerprint density at radius 2 is 2.04 bits per heavy atom. The second-order valence-electron chi connectivity index (χ2n) is 7.07. The van der Waals surface area contributed by atoms with Crippen molar-refractivity contribution in [2.45, 2.75) is 58.3 Å². The highest BCUT2D eigenvalue weighted by Gasteiger charge is 2.42. The van der Waals surface area contributed by atoms with Crippen LogP contribution < -0.4 is 4.74 Å². The minimum absolute atomic E-state index is 0.163. The zero-order chi connectivity index (χ0) is 18.8. The van der Waals surface area contributed by atoms with Gasteiger partial charge in [0.25, 0.3) is 0 Å². The van der Waals surface area contributed by atoms with Gasteiger partial charge in [-0.1, -0.05) is 18.5 Å². The minimum atomic E-state index is -1.07. The summed E-state index contributed by atoms with van der Waals surface area (Å²) in [7, 11) is 0. The van der Waals surface area contributed by atoms with Crippen LogP contribution in [0.15, 0.2) is 18.2 Å². The monoisotopic (exact) mass is 369 g/mol. The number of aryl methyl sites for hydroxylation is 1. The number of halogens is 1. The van der Waals surface area contributed by atoms with E-state index in [2.05, 4.69) is 0 Å². The molecule has 1 aromatic carbocycles. The molecule has 0 bridgehead atoms. The molecule has 0 unspecified atom stereocenters. The van der Waals surface area contributed by atoms with Crippen LogP contribution in [0.3, 0.4) is 0 Å². The van der Waals surface area contributed by atoms with E-state index in [0.717, 1.165) is 12.0 Å². The first-order valence-corrected chi connectivity index (χ1v) is 8.66. The third kappa shape index (κ3) is 5.01. The van der Waals surface area contributed by atoms with Crippen molar-refractivity contribution < 1.29 is 24.2 Å². The number of carbonyl (C=O) groups excluding carboxylic acids is 1. The molecule has 0 aromatic heterocycles. The van der Waals surface area contributed by atoms with Crippen LogP contribution in [0.25, 0.3) is 0 Å². The lowest BCUT2D eigenvalue weighted by molar-refractivity contribution is -0.142. The number of likely N-dealkylation sites (tertiary alicyclic amines) is 1. The summed E-state index contributed by atoms with van der Waals surface area (Å²) in [5.41, 5.74) is 0.265. The van der Waals surface area contributed by atoms with Gasteiger partial charge in [0.15, 0.2) is 0 Å². The van der Waals surface area contributed by atoms with E-state index < -0.39 is 29.8 Å². The first kappa shape index (κ1) is 19.4. The number of aliphatic carboxylic acids is 1. The lowest BCUT2D eigenvalue weighted by atomic mass is 10.1. The molecule has 1 heterocycles. The smallest absolute Gasteiger partial charge is 0.411 e. The Morgan fingerprint density at radius 1 is 1.36 bits per heavy atom. The molecule has 1 aromatic rings. The number of carbonyl (C=O) groups is 2. The van der Waals surface area contributed by atoms with E-state index in [1.54, 1.807) is 32.9 Å². The molecule has 6 nitrogen and oxygen atoms in total. The van der Waals surface area contributed by atoms with E-state index >= 15 is 0 Å². The molecule has 1 saturated heterocycles. The van der Waals surface area contributed by atoms with Crippen molar-refractivity contribution in [2.75, 3.05) is 6.54 Å². The minimum Gasteiger partial charge on any atom is -0.488 e. The molecule has 25 heavy (non-hydrogen) atoms. The molecule has 0 aliphatic carbocycles. The average molecular weight is 370 g/mol. The van der Waals surface area contributed by atoms with Crippen molar-refractivity contribution in [3.8, 4) is 5.75 Å². The quantitative estimate of drug-likeness (QED) is 0.874. The van der Waals surface area contributed by atoms with Crippen LogP contribution in [0.5, 0.6) is 5.75 Å². The van der Waals surface area contributed by atoms with Gasteiger partial charge in [0, 0.05) is 11.4 Å². The second kappa shape index (κ2) is 7.52. The Hall–Kier alpha value is -1.95. The zero-order valence-corrected chi connectivity index (χ0v) is 15.7. The highest BCUT2D eigenvalue weighted by atomic mass is 35.5. The fourth-order valence-corrected chi connectivity index (χ4v) is 2.98. The molecule has 1 fully saturated rings. The molecule has 1 aliphatic rings. The fraction of sp³-hybridized carbons (Fsp3) is 0.556. The number of hydrogen-bond donors (Lipinski definition) is 1. The maximum absolute atomic E-state index is 12.3. The average Bonchev–Trinajstić information content (AvgIpc) is 2.92. The van der Waals surface area contributed by atoms with Crippen LogP contribution in [0, 0.1) is 0 Å². The number of ether oxygens (including phenoxy) is 2. The Morgan fingerprint density at radius 3 is 2.60 bits per heavy atom. The molecule has 0 spiro atoms. The fourth-order valence-electron chi connectivity index (χ4n) is 2.73. The highest BCUT2D eigenvalue weighted by molar-refractivity contribution is 6.31.